The number of rotatable bonds is 7. The van der Waals surface area contributed by atoms with Crippen LogP contribution in [0, 0.1) is 0 Å². The number of carboxylic acids is 2. The molecule has 0 amide bonds. The monoisotopic (exact) mass is 316 g/mol. The zero-order chi connectivity index (χ0) is 16.8. The minimum atomic E-state index is -0.988. The van der Waals surface area contributed by atoms with E-state index in [0.29, 0.717) is 11.5 Å². The lowest BCUT2D eigenvalue weighted by atomic mass is 10.2. The van der Waals surface area contributed by atoms with Crippen molar-refractivity contribution in [2.45, 2.75) is 13.0 Å². The molecule has 2 aromatic rings. The SMILES string of the molecule is CC(COc1ccc(C(=O)O)cc1)Oc1ccc(C(=O)O)cc1. The summed E-state index contributed by atoms with van der Waals surface area (Å²) in [5, 5.41) is 17.6. The van der Waals surface area contributed by atoms with E-state index >= 15 is 0 Å². The molecule has 0 aromatic heterocycles. The fraction of sp³-hybridized carbons (Fsp3) is 0.176. The standard InChI is InChI=1S/C17H16O6/c1-11(23-15-8-4-13(5-9-15)17(20)21)10-22-14-6-2-12(3-7-14)16(18)19/h2-9,11H,10H2,1H3,(H,18,19)(H,20,21). The van der Waals surface area contributed by atoms with E-state index in [9.17, 15) is 9.59 Å². The fourth-order valence-corrected chi connectivity index (χ4v) is 1.85. The van der Waals surface area contributed by atoms with E-state index in [1.54, 1.807) is 24.3 Å². The first-order valence-corrected chi connectivity index (χ1v) is 6.92. The minimum Gasteiger partial charge on any atom is -0.490 e. The van der Waals surface area contributed by atoms with Gasteiger partial charge in [-0.1, -0.05) is 0 Å². The molecule has 0 bridgehead atoms. The number of ether oxygens (including phenoxy) is 2. The average Bonchev–Trinajstić information content (AvgIpc) is 2.54. The first kappa shape index (κ1) is 16.4. The molecule has 0 aliphatic rings. The number of carboxylic acid groups (broad SMARTS) is 2. The highest BCUT2D eigenvalue weighted by Gasteiger charge is 2.08. The normalized spacial score (nSPS) is 11.5. The van der Waals surface area contributed by atoms with Crippen molar-refractivity contribution < 1.29 is 29.3 Å². The summed E-state index contributed by atoms with van der Waals surface area (Å²) in [6.45, 7) is 2.09. The first-order chi connectivity index (χ1) is 11.0. The molecule has 0 aliphatic carbocycles. The lowest BCUT2D eigenvalue weighted by molar-refractivity contribution is 0.0685. The van der Waals surface area contributed by atoms with Crippen LogP contribution in [0.4, 0.5) is 0 Å². The summed E-state index contributed by atoms with van der Waals surface area (Å²) in [5.74, 6) is -0.880. The second kappa shape index (κ2) is 7.31. The Bertz CT molecular complexity index is 675. The fourth-order valence-electron chi connectivity index (χ4n) is 1.85. The molecule has 1 unspecified atom stereocenters. The first-order valence-electron chi connectivity index (χ1n) is 6.92. The summed E-state index contributed by atoms with van der Waals surface area (Å²) in [5.41, 5.74) is 0.389. The van der Waals surface area contributed by atoms with Crippen molar-refractivity contribution in [3.8, 4) is 11.5 Å². The zero-order valence-corrected chi connectivity index (χ0v) is 12.4. The van der Waals surface area contributed by atoms with Crippen LogP contribution < -0.4 is 9.47 Å². The predicted molar refractivity (Wildman–Crippen MR) is 82.4 cm³/mol. The van der Waals surface area contributed by atoms with Gasteiger partial charge in [-0.15, -0.1) is 0 Å². The van der Waals surface area contributed by atoms with Crippen LogP contribution in [-0.2, 0) is 0 Å². The molecule has 23 heavy (non-hydrogen) atoms. The third-order valence-corrected chi connectivity index (χ3v) is 3.02. The van der Waals surface area contributed by atoms with E-state index in [2.05, 4.69) is 0 Å². The highest BCUT2D eigenvalue weighted by atomic mass is 16.5. The van der Waals surface area contributed by atoms with Crippen molar-refractivity contribution in [1.82, 2.24) is 0 Å². The Morgan fingerprint density at radius 2 is 1.30 bits per heavy atom. The number of benzene rings is 2. The molecule has 0 saturated carbocycles. The maximum atomic E-state index is 10.8. The number of hydrogen-bond donors (Lipinski definition) is 2. The third kappa shape index (κ3) is 4.74. The second-order valence-corrected chi connectivity index (χ2v) is 4.90. The van der Waals surface area contributed by atoms with Crippen molar-refractivity contribution in [2.75, 3.05) is 6.61 Å². The molecule has 2 rings (SSSR count). The van der Waals surface area contributed by atoms with E-state index in [-0.39, 0.29) is 23.8 Å². The maximum absolute atomic E-state index is 10.8. The van der Waals surface area contributed by atoms with Crippen molar-refractivity contribution in [3.63, 3.8) is 0 Å². The summed E-state index contributed by atoms with van der Waals surface area (Å²) < 4.78 is 11.1. The van der Waals surface area contributed by atoms with Gasteiger partial charge >= 0.3 is 11.9 Å². The van der Waals surface area contributed by atoms with Crippen molar-refractivity contribution in [1.29, 1.82) is 0 Å². The second-order valence-electron chi connectivity index (χ2n) is 4.90. The van der Waals surface area contributed by atoms with Gasteiger partial charge in [-0.2, -0.15) is 0 Å². The van der Waals surface area contributed by atoms with Gasteiger partial charge in [0.15, 0.2) is 0 Å². The molecule has 0 heterocycles. The van der Waals surface area contributed by atoms with Crippen LogP contribution in [0.2, 0.25) is 0 Å². The lowest BCUT2D eigenvalue weighted by Gasteiger charge is -2.15. The molecule has 0 radical (unpaired) electrons. The smallest absolute Gasteiger partial charge is 0.335 e. The van der Waals surface area contributed by atoms with Gasteiger partial charge in [-0.3, -0.25) is 0 Å². The van der Waals surface area contributed by atoms with Crippen LogP contribution in [0.25, 0.3) is 0 Å². The van der Waals surface area contributed by atoms with Gasteiger partial charge < -0.3 is 19.7 Å². The summed E-state index contributed by atoms with van der Waals surface area (Å²) in [4.78, 5) is 21.5. The predicted octanol–water partition coefficient (Wildman–Crippen LogP) is 2.93. The largest absolute Gasteiger partial charge is 0.490 e. The van der Waals surface area contributed by atoms with Gasteiger partial charge in [0.05, 0.1) is 11.1 Å². The average molecular weight is 316 g/mol. The molecule has 2 aromatic carbocycles. The minimum absolute atomic E-state index is 0.194. The summed E-state index contributed by atoms with van der Waals surface area (Å²) in [7, 11) is 0. The highest BCUT2D eigenvalue weighted by molar-refractivity contribution is 5.88. The quantitative estimate of drug-likeness (QED) is 0.816. The Labute approximate surface area is 132 Å². The van der Waals surface area contributed by atoms with Crippen LogP contribution in [0.3, 0.4) is 0 Å². The topological polar surface area (TPSA) is 93.1 Å². The molecule has 0 saturated heterocycles. The Hall–Kier alpha value is -3.02. The molecule has 2 N–H and O–H groups in total. The molecule has 0 fully saturated rings. The van der Waals surface area contributed by atoms with Crippen molar-refractivity contribution in [3.05, 3.63) is 59.7 Å². The summed E-state index contributed by atoms with van der Waals surface area (Å²) >= 11 is 0. The number of aromatic carboxylic acids is 2. The van der Waals surface area contributed by atoms with Gasteiger partial charge in [0.25, 0.3) is 0 Å². The lowest BCUT2D eigenvalue weighted by Crippen LogP contribution is -2.21. The van der Waals surface area contributed by atoms with E-state index in [0.717, 1.165) is 0 Å². The Kier molecular flexibility index (Phi) is 5.19. The molecular weight excluding hydrogens is 300 g/mol. The maximum Gasteiger partial charge on any atom is 0.335 e. The van der Waals surface area contributed by atoms with Gasteiger partial charge in [0, 0.05) is 0 Å². The van der Waals surface area contributed by atoms with Gasteiger partial charge in [0.1, 0.15) is 24.2 Å². The van der Waals surface area contributed by atoms with Gasteiger partial charge in [-0.25, -0.2) is 9.59 Å². The van der Waals surface area contributed by atoms with Crippen LogP contribution in [0.1, 0.15) is 27.6 Å². The van der Waals surface area contributed by atoms with Crippen LogP contribution in [-0.4, -0.2) is 34.9 Å². The van der Waals surface area contributed by atoms with E-state index < -0.39 is 11.9 Å². The molecule has 6 heteroatoms. The molecular formula is C17H16O6. The van der Waals surface area contributed by atoms with Crippen molar-refractivity contribution in [2.24, 2.45) is 0 Å². The van der Waals surface area contributed by atoms with Crippen LogP contribution in [0.5, 0.6) is 11.5 Å². The Morgan fingerprint density at radius 3 is 1.74 bits per heavy atom. The number of carbonyl (C=O) groups is 2. The van der Waals surface area contributed by atoms with Gasteiger partial charge in [0.2, 0.25) is 0 Å². The molecule has 6 nitrogen and oxygen atoms in total. The Balaban J connectivity index is 1.85. The van der Waals surface area contributed by atoms with E-state index in [4.69, 9.17) is 19.7 Å². The van der Waals surface area contributed by atoms with Crippen LogP contribution >= 0.6 is 0 Å². The summed E-state index contributed by atoms with van der Waals surface area (Å²) in [6, 6.07) is 12.2. The Morgan fingerprint density at radius 1 is 0.870 bits per heavy atom. The van der Waals surface area contributed by atoms with E-state index in [1.165, 1.54) is 24.3 Å². The molecule has 1 atom stereocenters. The molecule has 120 valence electrons. The van der Waals surface area contributed by atoms with E-state index in [1.807, 2.05) is 6.92 Å². The highest BCUT2D eigenvalue weighted by Crippen LogP contribution is 2.16. The molecule has 0 spiro atoms. The summed E-state index contributed by atoms with van der Waals surface area (Å²) in [6.07, 6.45) is -0.259. The van der Waals surface area contributed by atoms with Crippen molar-refractivity contribution >= 4 is 11.9 Å². The number of hydrogen-bond acceptors (Lipinski definition) is 4. The molecule has 0 aliphatic heterocycles. The van der Waals surface area contributed by atoms with Crippen LogP contribution in [0.15, 0.2) is 48.5 Å². The zero-order valence-electron chi connectivity index (χ0n) is 12.4. The third-order valence-electron chi connectivity index (χ3n) is 3.02. The van der Waals surface area contributed by atoms with Gasteiger partial charge in [-0.05, 0) is 55.5 Å².